The first-order valence-corrected chi connectivity index (χ1v) is 8.83. The summed E-state index contributed by atoms with van der Waals surface area (Å²) < 4.78 is 1.05. The number of benzene rings is 2. The van der Waals surface area contributed by atoms with Crippen molar-refractivity contribution in [2.75, 3.05) is 36.0 Å². The summed E-state index contributed by atoms with van der Waals surface area (Å²) in [6, 6.07) is 15.8. The van der Waals surface area contributed by atoms with Gasteiger partial charge in [-0.15, -0.1) is 0 Å². The number of pyridine rings is 1. The zero-order valence-corrected chi connectivity index (χ0v) is 14.8. The minimum atomic E-state index is 0.312. The lowest BCUT2D eigenvalue weighted by molar-refractivity contribution is 0.475. The molecule has 0 amide bonds. The highest BCUT2D eigenvalue weighted by atomic mass is 79.9. The fraction of sp³-hybridized carbons (Fsp3) is 0.211. The van der Waals surface area contributed by atoms with Gasteiger partial charge in [0.1, 0.15) is 5.75 Å². The van der Waals surface area contributed by atoms with Gasteiger partial charge < -0.3 is 14.9 Å². The lowest BCUT2D eigenvalue weighted by Crippen LogP contribution is -2.46. The van der Waals surface area contributed by atoms with Gasteiger partial charge in [-0.2, -0.15) is 0 Å². The first kappa shape index (κ1) is 15.3. The van der Waals surface area contributed by atoms with Crippen molar-refractivity contribution in [1.29, 1.82) is 0 Å². The van der Waals surface area contributed by atoms with Crippen molar-refractivity contribution in [3.8, 4) is 5.75 Å². The van der Waals surface area contributed by atoms with Crippen molar-refractivity contribution in [1.82, 2.24) is 4.98 Å². The number of aromatic hydroxyl groups is 1. The molecule has 0 saturated carbocycles. The van der Waals surface area contributed by atoms with E-state index in [-0.39, 0.29) is 0 Å². The molecular formula is C19H18BrN3O. The molecule has 1 aliphatic rings. The van der Waals surface area contributed by atoms with E-state index in [1.54, 1.807) is 12.1 Å². The molecule has 3 aromatic rings. The summed E-state index contributed by atoms with van der Waals surface area (Å²) in [6.45, 7) is 3.86. The molecule has 2 aromatic carbocycles. The second kappa shape index (κ2) is 6.32. The van der Waals surface area contributed by atoms with E-state index in [2.05, 4.69) is 55.0 Å². The molecule has 0 spiro atoms. The molecule has 122 valence electrons. The molecule has 0 bridgehead atoms. The second-order valence-electron chi connectivity index (χ2n) is 5.98. The van der Waals surface area contributed by atoms with Crippen molar-refractivity contribution in [3.05, 3.63) is 59.2 Å². The van der Waals surface area contributed by atoms with Crippen LogP contribution >= 0.6 is 15.9 Å². The van der Waals surface area contributed by atoms with Crippen LogP contribution in [0.4, 0.5) is 11.4 Å². The molecule has 0 radical (unpaired) electrons. The first-order valence-electron chi connectivity index (χ1n) is 8.04. The molecule has 4 rings (SSSR count). The van der Waals surface area contributed by atoms with E-state index in [1.807, 2.05) is 18.3 Å². The Labute approximate surface area is 149 Å². The Morgan fingerprint density at radius 3 is 2.33 bits per heavy atom. The van der Waals surface area contributed by atoms with Gasteiger partial charge >= 0.3 is 0 Å². The quantitative estimate of drug-likeness (QED) is 0.724. The van der Waals surface area contributed by atoms with Gasteiger partial charge in [0.05, 0.1) is 5.52 Å². The number of halogens is 1. The Bertz CT molecular complexity index is 858. The highest BCUT2D eigenvalue weighted by Crippen LogP contribution is 2.29. The molecule has 1 N–H and O–H groups in total. The van der Waals surface area contributed by atoms with E-state index in [0.29, 0.717) is 5.75 Å². The van der Waals surface area contributed by atoms with Crippen LogP contribution in [-0.4, -0.2) is 36.3 Å². The van der Waals surface area contributed by atoms with E-state index >= 15 is 0 Å². The van der Waals surface area contributed by atoms with Gasteiger partial charge in [0.2, 0.25) is 0 Å². The maximum absolute atomic E-state index is 9.43. The average molecular weight is 384 g/mol. The largest absolute Gasteiger partial charge is 0.508 e. The summed E-state index contributed by atoms with van der Waals surface area (Å²) in [4.78, 5) is 9.26. The summed E-state index contributed by atoms with van der Waals surface area (Å²) in [7, 11) is 0. The molecule has 1 saturated heterocycles. The summed E-state index contributed by atoms with van der Waals surface area (Å²) >= 11 is 3.51. The van der Waals surface area contributed by atoms with Crippen LogP contribution in [0.15, 0.2) is 59.2 Å². The number of fused-ring (bicyclic) bond motifs is 1. The number of hydrogen-bond donors (Lipinski definition) is 1. The van der Waals surface area contributed by atoms with Crippen molar-refractivity contribution in [3.63, 3.8) is 0 Å². The molecule has 5 heteroatoms. The molecular weight excluding hydrogens is 366 g/mol. The van der Waals surface area contributed by atoms with Gasteiger partial charge in [-0.1, -0.05) is 15.9 Å². The van der Waals surface area contributed by atoms with Gasteiger partial charge in [0, 0.05) is 53.6 Å². The monoisotopic (exact) mass is 383 g/mol. The molecule has 0 atom stereocenters. The molecule has 4 nitrogen and oxygen atoms in total. The fourth-order valence-corrected chi connectivity index (χ4v) is 3.60. The zero-order valence-electron chi connectivity index (χ0n) is 13.2. The van der Waals surface area contributed by atoms with Gasteiger partial charge in [0.25, 0.3) is 0 Å². The Balaban J connectivity index is 1.55. The normalized spacial score (nSPS) is 15.0. The van der Waals surface area contributed by atoms with Crippen LogP contribution in [0.25, 0.3) is 10.9 Å². The van der Waals surface area contributed by atoms with E-state index in [9.17, 15) is 5.11 Å². The van der Waals surface area contributed by atoms with Gasteiger partial charge in [-0.05, 0) is 48.5 Å². The van der Waals surface area contributed by atoms with Crippen LogP contribution in [0.5, 0.6) is 5.75 Å². The Morgan fingerprint density at radius 1 is 0.875 bits per heavy atom. The number of nitrogens with zero attached hydrogens (tertiary/aromatic N) is 3. The van der Waals surface area contributed by atoms with Gasteiger partial charge in [-0.3, -0.25) is 4.98 Å². The molecule has 2 heterocycles. The average Bonchev–Trinajstić information content (AvgIpc) is 2.62. The molecule has 1 aliphatic heterocycles. The van der Waals surface area contributed by atoms with Crippen LogP contribution in [0, 0.1) is 0 Å². The number of rotatable bonds is 2. The van der Waals surface area contributed by atoms with E-state index < -0.39 is 0 Å². The van der Waals surface area contributed by atoms with Crippen LogP contribution < -0.4 is 9.80 Å². The number of piperazine rings is 1. The Kier molecular flexibility index (Phi) is 4.02. The van der Waals surface area contributed by atoms with Crippen molar-refractivity contribution >= 4 is 38.2 Å². The van der Waals surface area contributed by atoms with E-state index in [1.165, 1.54) is 11.1 Å². The second-order valence-corrected chi connectivity index (χ2v) is 6.90. The third-order valence-electron chi connectivity index (χ3n) is 4.52. The smallest absolute Gasteiger partial charge is 0.115 e. The molecule has 24 heavy (non-hydrogen) atoms. The van der Waals surface area contributed by atoms with Crippen LogP contribution in [0.2, 0.25) is 0 Å². The molecule has 0 unspecified atom stereocenters. The third kappa shape index (κ3) is 2.91. The van der Waals surface area contributed by atoms with Crippen LogP contribution in [0.1, 0.15) is 0 Å². The molecule has 0 aliphatic carbocycles. The first-order chi connectivity index (χ1) is 11.7. The highest BCUT2D eigenvalue weighted by Gasteiger charge is 2.19. The summed E-state index contributed by atoms with van der Waals surface area (Å²) in [5.41, 5.74) is 3.43. The predicted molar refractivity (Wildman–Crippen MR) is 102 cm³/mol. The lowest BCUT2D eigenvalue weighted by atomic mass is 10.1. The minimum Gasteiger partial charge on any atom is -0.508 e. The number of phenolic OH excluding ortho intramolecular Hbond substituents is 1. The van der Waals surface area contributed by atoms with Crippen molar-refractivity contribution in [2.45, 2.75) is 0 Å². The zero-order chi connectivity index (χ0) is 16.5. The predicted octanol–water partition coefficient (Wildman–Crippen LogP) is 4.03. The maximum atomic E-state index is 9.43. The summed E-state index contributed by atoms with van der Waals surface area (Å²) in [5, 5.41) is 10.6. The van der Waals surface area contributed by atoms with Gasteiger partial charge in [-0.25, -0.2) is 0 Å². The van der Waals surface area contributed by atoms with Crippen molar-refractivity contribution < 1.29 is 5.11 Å². The number of aromatic nitrogens is 1. The number of hydrogen-bond acceptors (Lipinski definition) is 4. The fourth-order valence-electron chi connectivity index (χ4n) is 3.25. The summed E-state index contributed by atoms with van der Waals surface area (Å²) in [6.07, 6.45) is 1.89. The standard InChI is InChI=1S/C19H18BrN3O/c20-14-1-6-17-18(13-14)21-8-7-19(17)23-11-9-22(10-12-23)15-2-4-16(24)5-3-15/h1-8,13,24H,9-12H2. The Hall–Kier alpha value is -2.27. The Morgan fingerprint density at radius 2 is 1.58 bits per heavy atom. The highest BCUT2D eigenvalue weighted by molar-refractivity contribution is 9.10. The number of phenols is 1. The van der Waals surface area contributed by atoms with Crippen LogP contribution in [-0.2, 0) is 0 Å². The summed E-state index contributed by atoms with van der Waals surface area (Å²) in [5.74, 6) is 0.312. The number of anilines is 2. The third-order valence-corrected chi connectivity index (χ3v) is 5.01. The maximum Gasteiger partial charge on any atom is 0.115 e. The minimum absolute atomic E-state index is 0.312. The van der Waals surface area contributed by atoms with Crippen molar-refractivity contribution in [2.24, 2.45) is 0 Å². The topological polar surface area (TPSA) is 39.6 Å². The SMILES string of the molecule is Oc1ccc(N2CCN(c3ccnc4cc(Br)ccc34)CC2)cc1. The molecule has 1 fully saturated rings. The lowest BCUT2D eigenvalue weighted by Gasteiger charge is -2.37. The van der Waals surface area contributed by atoms with E-state index in [0.717, 1.165) is 41.9 Å². The molecule has 1 aromatic heterocycles. The van der Waals surface area contributed by atoms with Gasteiger partial charge in [0.15, 0.2) is 0 Å². The van der Waals surface area contributed by atoms with E-state index in [4.69, 9.17) is 0 Å². The van der Waals surface area contributed by atoms with Crippen LogP contribution in [0.3, 0.4) is 0 Å².